The van der Waals surface area contributed by atoms with Crippen LogP contribution in [0.5, 0.6) is 0 Å². The van der Waals surface area contributed by atoms with Crippen molar-refractivity contribution in [1.29, 1.82) is 0 Å². The van der Waals surface area contributed by atoms with Crippen LogP contribution < -0.4 is 0 Å². The summed E-state index contributed by atoms with van der Waals surface area (Å²) in [4.78, 5) is 4.72. The molecule has 17 heavy (non-hydrogen) atoms. The van der Waals surface area contributed by atoms with Gasteiger partial charge in [0, 0.05) is 6.54 Å². The van der Waals surface area contributed by atoms with E-state index in [9.17, 15) is 0 Å². The van der Waals surface area contributed by atoms with Gasteiger partial charge in [-0.25, -0.2) is 4.98 Å². The van der Waals surface area contributed by atoms with Gasteiger partial charge < -0.3 is 4.57 Å². The molecular formula is C14H17ClN2. The Morgan fingerprint density at radius 1 is 1.47 bits per heavy atom. The lowest BCUT2D eigenvalue weighted by Gasteiger charge is -2.09. The lowest BCUT2D eigenvalue weighted by Crippen LogP contribution is -2.05. The largest absolute Gasteiger partial charge is 0.326 e. The highest BCUT2D eigenvalue weighted by molar-refractivity contribution is 6.20. The molecule has 0 N–H and O–H groups in total. The van der Waals surface area contributed by atoms with E-state index in [0.29, 0.717) is 0 Å². The van der Waals surface area contributed by atoms with Crippen molar-refractivity contribution in [2.24, 2.45) is 5.92 Å². The fourth-order valence-corrected chi connectivity index (χ4v) is 2.53. The Hall–Kier alpha value is -1.02. The molecule has 1 aliphatic carbocycles. The Balaban J connectivity index is 2.19. The van der Waals surface area contributed by atoms with E-state index in [1.54, 1.807) is 0 Å². The molecule has 1 aliphatic rings. The third-order valence-electron chi connectivity index (χ3n) is 3.50. The summed E-state index contributed by atoms with van der Waals surface area (Å²) in [5.41, 5.74) is 3.57. The number of halogens is 1. The van der Waals surface area contributed by atoms with Gasteiger partial charge in [0.1, 0.15) is 5.82 Å². The molecule has 1 saturated carbocycles. The van der Waals surface area contributed by atoms with Gasteiger partial charge in [-0.05, 0) is 44.2 Å². The summed E-state index contributed by atoms with van der Waals surface area (Å²) in [7, 11) is 0. The molecular weight excluding hydrogens is 232 g/mol. The normalized spacial score (nSPS) is 17.6. The van der Waals surface area contributed by atoms with Crippen molar-refractivity contribution in [3.05, 3.63) is 29.6 Å². The summed E-state index contributed by atoms with van der Waals surface area (Å²) in [5.74, 6) is 1.85. The van der Waals surface area contributed by atoms with Crippen LogP contribution in [0.2, 0.25) is 0 Å². The predicted molar refractivity (Wildman–Crippen MR) is 71.5 cm³/mol. The molecule has 2 aromatic rings. The number of hydrogen-bond donors (Lipinski definition) is 0. The molecule has 1 aromatic heterocycles. The number of aryl methyl sites for hydroxylation is 1. The molecule has 2 nitrogen and oxygen atoms in total. The van der Waals surface area contributed by atoms with Gasteiger partial charge in [0.2, 0.25) is 0 Å². The highest BCUT2D eigenvalue weighted by Crippen LogP contribution is 2.34. The molecule has 1 heterocycles. The summed E-state index contributed by atoms with van der Waals surface area (Å²) in [5, 5.41) is -0.0273. The molecule has 1 fully saturated rings. The first-order valence-corrected chi connectivity index (χ1v) is 6.70. The fourth-order valence-electron chi connectivity index (χ4n) is 2.36. The van der Waals surface area contributed by atoms with Gasteiger partial charge in [-0.1, -0.05) is 12.1 Å². The Morgan fingerprint density at radius 3 is 2.88 bits per heavy atom. The van der Waals surface area contributed by atoms with E-state index in [0.717, 1.165) is 23.8 Å². The summed E-state index contributed by atoms with van der Waals surface area (Å²) < 4.78 is 2.32. The maximum Gasteiger partial charge on any atom is 0.127 e. The number of nitrogens with zero attached hydrogens (tertiary/aromatic N) is 2. The van der Waals surface area contributed by atoms with Gasteiger partial charge in [-0.2, -0.15) is 0 Å². The summed E-state index contributed by atoms with van der Waals surface area (Å²) >= 11 is 6.25. The second kappa shape index (κ2) is 4.02. The van der Waals surface area contributed by atoms with E-state index in [4.69, 9.17) is 16.6 Å². The molecule has 0 bridgehead atoms. The molecule has 1 aromatic carbocycles. The second-order valence-electron chi connectivity index (χ2n) is 5.08. The number of alkyl halides is 1. The van der Waals surface area contributed by atoms with Gasteiger partial charge in [0.05, 0.1) is 16.4 Å². The summed E-state index contributed by atoms with van der Waals surface area (Å²) in [6.07, 6.45) is 2.70. The van der Waals surface area contributed by atoms with Crippen molar-refractivity contribution < 1.29 is 0 Å². The van der Waals surface area contributed by atoms with Crippen molar-refractivity contribution in [3.63, 3.8) is 0 Å². The zero-order valence-electron chi connectivity index (χ0n) is 10.3. The minimum atomic E-state index is -0.0273. The van der Waals surface area contributed by atoms with Crippen molar-refractivity contribution in [2.75, 3.05) is 0 Å². The standard InChI is InChI=1S/C14H17ClN2/c1-9-4-3-5-12-13(9)16-14(10(2)15)17(12)8-11-6-7-11/h3-5,10-11H,6-8H2,1-2H3. The van der Waals surface area contributed by atoms with Crippen molar-refractivity contribution >= 4 is 22.6 Å². The number of imidazole rings is 1. The molecule has 0 saturated heterocycles. The highest BCUT2D eigenvalue weighted by atomic mass is 35.5. The third-order valence-corrected chi connectivity index (χ3v) is 3.70. The first-order chi connectivity index (χ1) is 8.16. The molecule has 1 unspecified atom stereocenters. The Bertz CT molecular complexity index is 553. The molecule has 0 amide bonds. The topological polar surface area (TPSA) is 17.8 Å². The number of benzene rings is 1. The zero-order valence-corrected chi connectivity index (χ0v) is 11.0. The number of fused-ring (bicyclic) bond motifs is 1. The Labute approximate surface area is 107 Å². The van der Waals surface area contributed by atoms with Gasteiger partial charge in [-0.3, -0.25) is 0 Å². The van der Waals surface area contributed by atoms with Crippen LogP contribution in [-0.4, -0.2) is 9.55 Å². The SMILES string of the molecule is Cc1cccc2c1nc(C(C)Cl)n2CC1CC1. The molecule has 90 valence electrons. The minimum absolute atomic E-state index is 0.0273. The molecule has 1 atom stereocenters. The molecule has 0 radical (unpaired) electrons. The molecule has 3 rings (SSSR count). The maximum atomic E-state index is 6.25. The van der Waals surface area contributed by atoms with Crippen LogP contribution in [-0.2, 0) is 6.54 Å². The quantitative estimate of drug-likeness (QED) is 0.750. The predicted octanol–water partition coefficient (Wildman–Crippen LogP) is 4.05. The van der Waals surface area contributed by atoms with Crippen molar-refractivity contribution in [3.8, 4) is 0 Å². The van der Waals surface area contributed by atoms with E-state index in [1.165, 1.54) is 23.9 Å². The van der Waals surface area contributed by atoms with Crippen molar-refractivity contribution in [2.45, 2.75) is 38.6 Å². The van der Waals surface area contributed by atoms with Crippen LogP contribution in [0.15, 0.2) is 18.2 Å². The zero-order chi connectivity index (χ0) is 12.0. The van der Waals surface area contributed by atoms with E-state index < -0.39 is 0 Å². The van der Waals surface area contributed by atoms with E-state index in [-0.39, 0.29) is 5.38 Å². The lowest BCUT2D eigenvalue weighted by molar-refractivity contribution is 0.610. The minimum Gasteiger partial charge on any atom is -0.326 e. The number of hydrogen-bond acceptors (Lipinski definition) is 1. The van der Waals surface area contributed by atoms with Crippen LogP contribution in [0.3, 0.4) is 0 Å². The summed E-state index contributed by atoms with van der Waals surface area (Å²) in [6, 6.07) is 6.37. The number of para-hydroxylation sites is 1. The van der Waals surface area contributed by atoms with E-state index in [2.05, 4.69) is 29.7 Å². The van der Waals surface area contributed by atoms with Crippen LogP contribution in [0.25, 0.3) is 11.0 Å². The van der Waals surface area contributed by atoms with Crippen molar-refractivity contribution in [1.82, 2.24) is 9.55 Å². The number of aromatic nitrogens is 2. The maximum absolute atomic E-state index is 6.25. The van der Waals surface area contributed by atoms with Gasteiger partial charge in [0.15, 0.2) is 0 Å². The van der Waals surface area contributed by atoms with Gasteiger partial charge in [0.25, 0.3) is 0 Å². The molecule has 0 spiro atoms. The molecule has 0 aliphatic heterocycles. The first-order valence-electron chi connectivity index (χ1n) is 6.26. The van der Waals surface area contributed by atoms with Crippen LogP contribution >= 0.6 is 11.6 Å². The van der Waals surface area contributed by atoms with E-state index in [1.807, 2.05) is 6.92 Å². The van der Waals surface area contributed by atoms with Crippen LogP contribution in [0.4, 0.5) is 0 Å². The van der Waals surface area contributed by atoms with E-state index >= 15 is 0 Å². The average molecular weight is 249 g/mol. The average Bonchev–Trinajstić information content (AvgIpc) is 3.01. The molecule has 3 heteroatoms. The number of rotatable bonds is 3. The first kappa shape index (κ1) is 11.1. The van der Waals surface area contributed by atoms with Gasteiger partial charge in [-0.15, -0.1) is 11.6 Å². The second-order valence-corrected chi connectivity index (χ2v) is 5.74. The monoisotopic (exact) mass is 248 g/mol. The summed E-state index contributed by atoms with van der Waals surface area (Å²) in [6.45, 7) is 5.19. The highest BCUT2D eigenvalue weighted by Gasteiger charge is 2.25. The van der Waals surface area contributed by atoms with Crippen LogP contribution in [0, 0.1) is 12.8 Å². The Morgan fingerprint density at radius 2 is 2.24 bits per heavy atom. The van der Waals surface area contributed by atoms with Crippen LogP contribution in [0.1, 0.15) is 36.5 Å². The Kier molecular flexibility index (Phi) is 2.62. The smallest absolute Gasteiger partial charge is 0.127 e. The fraction of sp³-hybridized carbons (Fsp3) is 0.500. The van der Waals surface area contributed by atoms with Gasteiger partial charge >= 0.3 is 0 Å². The third kappa shape index (κ3) is 1.95. The lowest BCUT2D eigenvalue weighted by atomic mass is 10.2.